The summed E-state index contributed by atoms with van der Waals surface area (Å²) < 4.78 is 0. The molecule has 182 valence electrons. The minimum Gasteiger partial charge on any atom is -0.378 e. The Balaban J connectivity index is 1.77. The quantitative estimate of drug-likeness (QED) is 0.256. The lowest BCUT2D eigenvalue weighted by atomic mass is 9.90. The molecule has 4 aromatic carbocycles. The molecular formula is C34H36N2. The summed E-state index contributed by atoms with van der Waals surface area (Å²) in [6, 6.07) is 39.0. The number of anilines is 2. The molecule has 0 aliphatic rings. The van der Waals surface area contributed by atoms with Gasteiger partial charge in [0.2, 0.25) is 0 Å². The van der Waals surface area contributed by atoms with Crippen molar-refractivity contribution < 1.29 is 0 Å². The van der Waals surface area contributed by atoms with E-state index in [-0.39, 0.29) is 5.92 Å². The number of hydrogen-bond acceptors (Lipinski definition) is 2. The van der Waals surface area contributed by atoms with Crippen LogP contribution in [0.3, 0.4) is 0 Å². The molecule has 0 N–H and O–H groups in total. The van der Waals surface area contributed by atoms with E-state index in [9.17, 15) is 0 Å². The summed E-state index contributed by atoms with van der Waals surface area (Å²) in [6.45, 7) is 2.27. The highest BCUT2D eigenvalue weighted by Crippen LogP contribution is 2.30. The molecule has 0 aromatic heterocycles. The van der Waals surface area contributed by atoms with Crippen molar-refractivity contribution in [1.29, 1.82) is 0 Å². The lowest BCUT2D eigenvalue weighted by Gasteiger charge is -2.17. The summed E-state index contributed by atoms with van der Waals surface area (Å²) in [5.74, 6) is 0.220. The molecule has 36 heavy (non-hydrogen) atoms. The Hall–Kier alpha value is -4.04. The lowest BCUT2D eigenvalue weighted by molar-refractivity contribution is 0.944. The van der Waals surface area contributed by atoms with Crippen LogP contribution in [0.15, 0.2) is 121 Å². The monoisotopic (exact) mass is 472 g/mol. The van der Waals surface area contributed by atoms with Crippen molar-refractivity contribution in [2.75, 3.05) is 38.0 Å². The van der Waals surface area contributed by atoms with Gasteiger partial charge in [-0.1, -0.05) is 104 Å². The van der Waals surface area contributed by atoms with Crippen molar-refractivity contribution in [3.63, 3.8) is 0 Å². The molecular weight excluding hydrogens is 436 g/mol. The van der Waals surface area contributed by atoms with Crippen molar-refractivity contribution in [3.05, 3.63) is 144 Å². The molecule has 2 heteroatoms. The first kappa shape index (κ1) is 25.1. The van der Waals surface area contributed by atoms with Gasteiger partial charge in [-0.25, -0.2) is 0 Å². The maximum atomic E-state index is 2.39. The first-order valence-corrected chi connectivity index (χ1v) is 12.5. The summed E-state index contributed by atoms with van der Waals surface area (Å²) in [5.41, 5.74) is 9.81. The number of nitrogens with zero attached hydrogens (tertiary/aromatic N) is 2. The highest BCUT2D eigenvalue weighted by molar-refractivity contribution is 5.83. The highest BCUT2D eigenvalue weighted by atomic mass is 15.1. The van der Waals surface area contributed by atoms with Crippen LogP contribution >= 0.6 is 0 Å². The van der Waals surface area contributed by atoms with E-state index in [1.165, 1.54) is 44.8 Å². The zero-order valence-electron chi connectivity index (χ0n) is 22.0. The Morgan fingerprint density at radius 2 is 0.778 bits per heavy atom. The van der Waals surface area contributed by atoms with Gasteiger partial charge in [-0.15, -0.1) is 0 Å². The summed E-state index contributed by atoms with van der Waals surface area (Å²) in [5, 5.41) is 0. The maximum absolute atomic E-state index is 2.39. The Labute approximate surface area is 216 Å². The highest BCUT2D eigenvalue weighted by Gasteiger charge is 2.11. The van der Waals surface area contributed by atoms with Crippen LogP contribution < -0.4 is 9.80 Å². The first-order chi connectivity index (χ1) is 17.4. The number of allylic oxidation sites excluding steroid dienone is 2. The predicted octanol–water partition coefficient (Wildman–Crippen LogP) is 8.02. The summed E-state index contributed by atoms with van der Waals surface area (Å²) in [6.07, 6.45) is 4.77. The van der Waals surface area contributed by atoms with Crippen LogP contribution in [0, 0.1) is 5.92 Å². The molecule has 0 amide bonds. The molecule has 0 aliphatic heterocycles. The molecule has 4 aromatic rings. The predicted molar refractivity (Wildman–Crippen MR) is 158 cm³/mol. The van der Waals surface area contributed by atoms with E-state index in [0.29, 0.717) is 0 Å². The first-order valence-electron chi connectivity index (χ1n) is 12.5. The Kier molecular flexibility index (Phi) is 8.07. The molecule has 0 atom stereocenters. The van der Waals surface area contributed by atoms with Crippen LogP contribution in [0.2, 0.25) is 0 Å². The molecule has 0 fully saturated rings. The van der Waals surface area contributed by atoms with Crippen molar-refractivity contribution >= 4 is 22.5 Å². The van der Waals surface area contributed by atoms with Crippen LogP contribution in [-0.4, -0.2) is 28.2 Å². The molecule has 0 spiro atoms. The largest absolute Gasteiger partial charge is 0.378 e. The van der Waals surface area contributed by atoms with Gasteiger partial charge < -0.3 is 9.80 Å². The second-order valence-corrected chi connectivity index (χ2v) is 9.63. The van der Waals surface area contributed by atoms with Crippen molar-refractivity contribution in [1.82, 2.24) is 0 Å². The molecule has 0 saturated carbocycles. The minimum absolute atomic E-state index is 0.220. The van der Waals surface area contributed by atoms with Gasteiger partial charge in [-0.2, -0.15) is 0 Å². The zero-order valence-corrected chi connectivity index (χ0v) is 22.0. The smallest absolute Gasteiger partial charge is 0.0361 e. The second-order valence-electron chi connectivity index (χ2n) is 9.63. The zero-order chi connectivity index (χ0) is 25.5. The van der Waals surface area contributed by atoms with Crippen LogP contribution in [-0.2, 0) is 0 Å². The van der Waals surface area contributed by atoms with Gasteiger partial charge in [-0.3, -0.25) is 0 Å². The van der Waals surface area contributed by atoms with E-state index < -0.39 is 0 Å². The summed E-state index contributed by atoms with van der Waals surface area (Å²) in [7, 11) is 8.30. The third kappa shape index (κ3) is 6.14. The molecule has 0 radical (unpaired) electrons. The Morgan fingerprint density at radius 3 is 1.08 bits per heavy atom. The molecule has 0 saturated heterocycles. The van der Waals surface area contributed by atoms with Crippen molar-refractivity contribution in [2.45, 2.75) is 6.92 Å². The third-order valence-electron chi connectivity index (χ3n) is 6.42. The van der Waals surface area contributed by atoms with Crippen LogP contribution in [0.25, 0.3) is 11.1 Å². The van der Waals surface area contributed by atoms with Crippen LogP contribution in [0.4, 0.5) is 11.4 Å². The Bertz CT molecular complexity index is 1190. The fourth-order valence-electron chi connectivity index (χ4n) is 4.41. The number of benzene rings is 4. The van der Waals surface area contributed by atoms with E-state index in [1.54, 1.807) is 0 Å². The summed E-state index contributed by atoms with van der Waals surface area (Å²) in [4.78, 5) is 4.27. The van der Waals surface area contributed by atoms with Gasteiger partial charge in [0.05, 0.1) is 0 Å². The topological polar surface area (TPSA) is 6.48 Å². The third-order valence-corrected chi connectivity index (χ3v) is 6.42. The standard InChI is InChI=1S/C34H36N2/c1-26(24-33(27-12-8-6-9-13-27)29-16-20-31(21-17-29)35(2)3)25-34(28-14-10-7-11-15-28)30-18-22-32(23-19-30)36(4)5/h6-26H,1-5H3. The molecule has 0 heterocycles. The minimum atomic E-state index is 0.220. The van der Waals surface area contributed by atoms with Gasteiger partial charge in [0, 0.05) is 39.6 Å². The van der Waals surface area contributed by atoms with E-state index in [2.05, 4.69) is 166 Å². The average molecular weight is 473 g/mol. The van der Waals surface area contributed by atoms with Crippen molar-refractivity contribution in [3.8, 4) is 0 Å². The van der Waals surface area contributed by atoms with E-state index in [4.69, 9.17) is 0 Å². The van der Waals surface area contributed by atoms with E-state index in [0.717, 1.165) is 0 Å². The fourth-order valence-corrected chi connectivity index (χ4v) is 4.41. The Morgan fingerprint density at radius 1 is 0.472 bits per heavy atom. The fraction of sp³-hybridized carbons (Fsp3) is 0.176. The van der Waals surface area contributed by atoms with Gasteiger partial charge in [0.15, 0.2) is 0 Å². The molecule has 2 nitrogen and oxygen atoms in total. The SMILES string of the molecule is CC(C=C(c1ccccc1)c1ccc(N(C)C)cc1)C=C(c1ccccc1)c1ccc(N(C)C)cc1. The van der Waals surface area contributed by atoms with Crippen molar-refractivity contribution in [2.24, 2.45) is 5.92 Å². The van der Waals surface area contributed by atoms with Gasteiger partial charge >= 0.3 is 0 Å². The van der Waals surface area contributed by atoms with E-state index in [1.807, 2.05) is 0 Å². The molecule has 4 rings (SSSR count). The van der Waals surface area contributed by atoms with Gasteiger partial charge in [0.25, 0.3) is 0 Å². The van der Waals surface area contributed by atoms with E-state index >= 15 is 0 Å². The molecule has 0 bridgehead atoms. The summed E-state index contributed by atoms with van der Waals surface area (Å²) >= 11 is 0. The molecule has 0 unspecified atom stereocenters. The average Bonchev–Trinajstić information content (AvgIpc) is 2.91. The lowest BCUT2D eigenvalue weighted by Crippen LogP contribution is -2.08. The maximum Gasteiger partial charge on any atom is 0.0361 e. The van der Waals surface area contributed by atoms with Crippen LogP contribution in [0.1, 0.15) is 29.2 Å². The molecule has 0 aliphatic carbocycles. The van der Waals surface area contributed by atoms with Gasteiger partial charge in [-0.05, 0) is 63.6 Å². The normalized spacial score (nSPS) is 12.8. The van der Waals surface area contributed by atoms with Crippen LogP contribution in [0.5, 0.6) is 0 Å². The second kappa shape index (κ2) is 11.6. The number of hydrogen-bond donors (Lipinski definition) is 0. The number of rotatable bonds is 8. The van der Waals surface area contributed by atoms with Gasteiger partial charge in [0.1, 0.15) is 0 Å².